The zero-order valence-corrected chi connectivity index (χ0v) is 18.0. The van der Waals surface area contributed by atoms with Gasteiger partial charge in [-0.15, -0.1) is 0 Å². The predicted octanol–water partition coefficient (Wildman–Crippen LogP) is 4.90. The molecule has 1 aliphatic rings. The highest BCUT2D eigenvalue weighted by molar-refractivity contribution is 5.87. The molecule has 0 bridgehead atoms. The number of carbonyl (C=O) groups is 1. The van der Waals surface area contributed by atoms with Crippen LogP contribution >= 0.6 is 0 Å². The molecule has 1 fully saturated rings. The molecule has 1 saturated carbocycles. The Morgan fingerprint density at radius 3 is 2.70 bits per heavy atom. The highest BCUT2D eigenvalue weighted by atomic mass is 16.1. The Balaban J connectivity index is 1.31. The van der Waals surface area contributed by atoms with Gasteiger partial charge >= 0.3 is 0 Å². The number of amides is 1. The summed E-state index contributed by atoms with van der Waals surface area (Å²) in [6, 6.07) is 17.0. The monoisotopic (exact) mass is 403 g/mol. The SMILES string of the molecule is Cc1ccccc1-c1ccc2ccn(CC(=O)NCCNCC3CCCCC3)c2c1. The lowest BCUT2D eigenvalue weighted by Crippen LogP contribution is -2.35. The van der Waals surface area contributed by atoms with Crippen molar-refractivity contribution in [1.82, 2.24) is 15.2 Å². The number of fused-ring (bicyclic) bond motifs is 1. The molecule has 0 saturated heterocycles. The number of carbonyl (C=O) groups excluding carboxylic acids is 1. The van der Waals surface area contributed by atoms with Crippen LogP contribution in [0.25, 0.3) is 22.0 Å². The van der Waals surface area contributed by atoms with Crippen molar-refractivity contribution in [3.63, 3.8) is 0 Å². The number of hydrogen-bond acceptors (Lipinski definition) is 2. The topological polar surface area (TPSA) is 46.1 Å². The van der Waals surface area contributed by atoms with Crippen molar-refractivity contribution < 1.29 is 4.79 Å². The molecule has 4 heteroatoms. The van der Waals surface area contributed by atoms with Gasteiger partial charge < -0.3 is 15.2 Å². The molecule has 0 spiro atoms. The molecule has 30 heavy (non-hydrogen) atoms. The minimum absolute atomic E-state index is 0.0632. The lowest BCUT2D eigenvalue weighted by atomic mass is 9.89. The van der Waals surface area contributed by atoms with Gasteiger partial charge in [0.05, 0.1) is 0 Å². The summed E-state index contributed by atoms with van der Waals surface area (Å²) in [7, 11) is 0. The van der Waals surface area contributed by atoms with Gasteiger partial charge in [-0.3, -0.25) is 4.79 Å². The van der Waals surface area contributed by atoms with Crippen LogP contribution in [0.3, 0.4) is 0 Å². The fourth-order valence-electron chi connectivity index (χ4n) is 4.58. The standard InChI is InChI=1S/C26H33N3O/c1-20-7-5-6-10-24(20)23-12-11-22-13-16-29(25(22)17-23)19-26(30)28-15-14-27-18-21-8-3-2-4-9-21/h5-7,10-13,16-17,21,27H,2-4,8-9,14-15,18-19H2,1H3,(H,28,30). The van der Waals surface area contributed by atoms with E-state index in [1.807, 2.05) is 10.8 Å². The summed E-state index contributed by atoms with van der Waals surface area (Å²) in [6.07, 6.45) is 8.86. The Morgan fingerprint density at radius 2 is 1.87 bits per heavy atom. The maximum absolute atomic E-state index is 12.5. The number of aryl methyl sites for hydroxylation is 1. The normalized spacial score (nSPS) is 14.8. The van der Waals surface area contributed by atoms with Gasteiger partial charge in [0.25, 0.3) is 0 Å². The molecule has 0 radical (unpaired) electrons. The van der Waals surface area contributed by atoms with Crippen LogP contribution in [0.1, 0.15) is 37.7 Å². The third-order valence-electron chi connectivity index (χ3n) is 6.33. The van der Waals surface area contributed by atoms with Gasteiger partial charge in [0.2, 0.25) is 5.91 Å². The Hall–Kier alpha value is -2.59. The minimum Gasteiger partial charge on any atom is -0.353 e. The van der Waals surface area contributed by atoms with Gasteiger partial charge in [0, 0.05) is 24.8 Å². The van der Waals surface area contributed by atoms with E-state index < -0.39 is 0 Å². The molecule has 158 valence electrons. The van der Waals surface area contributed by atoms with Gasteiger partial charge in [-0.05, 0) is 66.4 Å². The molecule has 1 aromatic heterocycles. The molecular weight excluding hydrogens is 370 g/mol. The van der Waals surface area contributed by atoms with Crippen LogP contribution in [0, 0.1) is 12.8 Å². The van der Waals surface area contributed by atoms with Gasteiger partial charge in [0.1, 0.15) is 6.54 Å². The molecule has 1 aliphatic carbocycles. The van der Waals surface area contributed by atoms with E-state index in [-0.39, 0.29) is 5.91 Å². The first kappa shape index (κ1) is 20.7. The average molecular weight is 404 g/mol. The highest BCUT2D eigenvalue weighted by Gasteiger charge is 2.12. The van der Waals surface area contributed by atoms with Crippen molar-refractivity contribution >= 4 is 16.8 Å². The minimum atomic E-state index is 0.0632. The maximum Gasteiger partial charge on any atom is 0.239 e. The van der Waals surface area contributed by atoms with Crippen molar-refractivity contribution in [3.05, 3.63) is 60.3 Å². The van der Waals surface area contributed by atoms with Crippen molar-refractivity contribution in [3.8, 4) is 11.1 Å². The Morgan fingerprint density at radius 1 is 1.03 bits per heavy atom. The first-order chi connectivity index (χ1) is 14.7. The summed E-state index contributed by atoms with van der Waals surface area (Å²) in [5.41, 5.74) is 4.78. The highest BCUT2D eigenvalue weighted by Crippen LogP contribution is 2.27. The van der Waals surface area contributed by atoms with E-state index in [9.17, 15) is 4.79 Å². The third kappa shape index (κ3) is 5.11. The summed E-state index contributed by atoms with van der Waals surface area (Å²) >= 11 is 0. The third-order valence-corrected chi connectivity index (χ3v) is 6.33. The molecule has 3 aromatic rings. The first-order valence-corrected chi connectivity index (χ1v) is 11.3. The number of hydrogen-bond donors (Lipinski definition) is 2. The van der Waals surface area contributed by atoms with Crippen molar-refractivity contribution in [2.24, 2.45) is 5.92 Å². The van der Waals surface area contributed by atoms with Crippen LogP contribution in [0.4, 0.5) is 0 Å². The van der Waals surface area contributed by atoms with E-state index in [0.29, 0.717) is 13.1 Å². The van der Waals surface area contributed by atoms with Crippen LogP contribution < -0.4 is 10.6 Å². The smallest absolute Gasteiger partial charge is 0.239 e. The summed E-state index contributed by atoms with van der Waals surface area (Å²) in [4.78, 5) is 12.5. The summed E-state index contributed by atoms with van der Waals surface area (Å²) in [5, 5.41) is 7.73. The van der Waals surface area contributed by atoms with E-state index in [1.54, 1.807) is 0 Å². The molecule has 2 aromatic carbocycles. The number of nitrogens with one attached hydrogen (secondary N) is 2. The molecule has 1 heterocycles. The maximum atomic E-state index is 12.5. The zero-order chi connectivity index (χ0) is 20.8. The number of aromatic nitrogens is 1. The molecule has 0 unspecified atom stereocenters. The summed E-state index contributed by atoms with van der Waals surface area (Å²) in [6.45, 7) is 5.09. The Labute approximate surface area is 179 Å². The molecule has 4 nitrogen and oxygen atoms in total. The Bertz CT molecular complexity index is 985. The molecule has 4 rings (SSSR count). The lowest BCUT2D eigenvalue weighted by molar-refractivity contribution is -0.121. The predicted molar refractivity (Wildman–Crippen MR) is 125 cm³/mol. The van der Waals surface area contributed by atoms with E-state index in [0.717, 1.165) is 29.9 Å². The van der Waals surface area contributed by atoms with Gasteiger partial charge in [-0.2, -0.15) is 0 Å². The summed E-state index contributed by atoms with van der Waals surface area (Å²) in [5.74, 6) is 0.886. The zero-order valence-electron chi connectivity index (χ0n) is 18.0. The van der Waals surface area contributed by atoms with E-state index in [2.05, 4.69) is 66.1 Å². The largest absolute Gasteiger partial charge is 0.353 e. The first-order valence-electron chi connectivity index (χ1n) is 11.3. The number of rotatable bonds is 8. The van der Waals surface area contributed by atoms with Crippen LogP contribution in [-0.2, 0) is 11.3 Å². The van der Waals surface area contributed by atoms with Gasteiger partial charge in [-0.25, -0.2) is 0 Å². The van der Waals surface area contributed by atoms with Crippen molar-refractivity contribution in [1.29, 1.82) is 0 Å². The Kier molecular flexibility index (Phi) is 6.85. The van der Waals surface area contributed by atoms with E-state index in [4.69, 9.17) is 0 Å². The lowest BCUT2D eigenvalue weighted by Gasteiger charge is -2.21. The van der Waals surface area contributed by atoms with Gasteiger partial charge in [0.15, 0.2) is 0 Å². The second kappa shape index (κ2) is 9.94. The van der Waals surface area contributed by atoms with Crippen LogP contribution in [-0.4, -0.2) is 30.1 Å². The van der Waals surface area contributed by atoms with E-state index in [1.165, 1.54) is 48.8 Å². The number of nitrogens with zero attached hydrogens (tertiary/aromatic N) is 1. The molecular formula is C26H33N3O. The molecule has 0 atom stereocenters. The van der Waals surface area contributed by atoms with E-state index >= 15 is 0 Å². The fraction of sp³-hybridized carbons (Fsp3) is 0.423. The fourth-order valence-corrected chi connectivity index (χ4v) is 4.58. The number of benzene rings is 2. The van der Waals surface area contributed by atoms with Crippen LogP contribution in [0.2, 0.25) is 0 Å². The van der Waals surface area contributed by atoms with Crippen molar-refractivity contribution in [2.45, 2.75) is 45.6 Å². The van der Waals surface area contributed by atoms with Crippen molar-refractivity contribution in [2.75, 3.05) is 19.6 Å². The molecule has 1 amide bonds. The van der Waals surface area contributed by atoms with Crippen LogP contribution in [0.5, 0.6) is 0 Å². The second-order valence-electron chi connectivity index (χ2n) is 8.59. The average Bonchev–Trinajstić information content (AvgIpc) is 3.16. The van der Waals surface area contributed by atoms with Gasteiger partial charge in [-0.1, -0.05) is 55.7 Å². The second-order valence-corrected chi connectivity index (χ2v) is 8.59. The quantitative estimate of drug-likeness (QED) is 0.525. The summed E-state index contributed by atoms with van der Waals surface area (Å²) < 4.78 is 2.04. The molecule has 0 aliphatic heterocycles. The molecule has 2 N–H and O–H groups in total. The van der Waals surface area contributed by atoms with Crippen LogP contribution in [0.15, 0.2) is 54.7 Å².